The molecule has 1 fully saturated rings. The van der Waals surface area contributed by atoms with Gasteiger partial charge in [-0.05, 0) is 56.9 Å². The summed E-state index contributed by atoms with van der Waals surface area (Å²) in [5.74, 6) is 0.741. The van der Waals surface area contributed by atoms with E-state index in [4.69, 9.17) is 4.98 Å². The van der Waals surface area contributed by atoms with Crippen molar-refractivity contribution in [3.8, 4) is 0 Å². The van der Waals surface area contributed by atoms with Crippen LogP contribution in [0.5, 0.6) is 0 Å². The summed E-state index contributed by atoms with van der Waals surface area (Å²) in [5.41, 5.74) is 1.27. The lowest BCUT2D eigenvalue weighted by molar-refractivity contribution is 0.0622. The molecular formula is C24H35N3O2S. The Bertz CT molecular complexity index is 913. The first kappa shape index (κ1) is 21.7. The van der Waals surface area contributed by atoms with Gasteiger partial charge in [0.1, 0.15) is 10.7 Å². The zero-order valence-corrected chi connectivity index (χ0v) is 18.8. The van der Waals surface area contributed by atoms with Crippen LogP contribution in [0.1, 0.15) is 80.5 Å². The number of nitrogens with one attached hydrogen (secondary N) is 1. The van der Waals surface area contributed by atoms with E-state index in [-0.39, 0.29) is 11.7 Å². The third kappa shape index (κ3) is 5.04. The van der Waals surface area contributed by atoms with E-state index in [0.717, 1.165) is 61.0 Å². The second-order valence-electron chi connectivity index (χ2n) is 9.00. The second-order valence-corrected chi connectivity index (χ2v) is 10.1. The van der Waals surface area contributed by atoms with Gasteiger partial charge in [0.2, 0.25) is 0 Å². The fourth-order valence-electron chi connectivity index (χ4n) is 5.11. The van der Waals surface area contributed by atoms with E-state index in [9.17, 15) is 9.90 Å². The lowest BCUT2D eigenvalue weighted by Gasteiger charge is -2.35. The average Bonchev–Trinajstić information content (AvgIpc) is 2.94. The van der Waals surface area contributed by atoms with E-state index in [1.54, 1.807) is 11.3 Å². The number of rotatable bonds is 8. The van der Waals surface area contributed by atoms with Crippen LogP contribution in [0.3, 0.4) is 0 Å². The van der Waals surface area contributed by atoms with Crippen molar-refractivity contribution < 1.29 is 5.11 Å². The number of aliphatic hydroxyl groups excluding tert-OH is 1. The quantitative estimate of drug-likeness (QED) is 0.471. The van der Waals surface area contributed by atoms with Gasteiger partial charge in [-0.15, -0.1) is 17.9 Å². The van der Waals surface area contributed by atoms with Crippen LogP contribution in [0.2, 0.25) is 0 Å². The molecule has 0 amide bonds. The molecule has 2 N–H and O–H groups in total. The highest BCUT2D eigenvalue weighted by molar-refractivity contribution is 7.18. The minimum Gasteiger partial charge on any atom is -0.392 e. The van der Waals surface area contributed by atoms with Gasteiger partial charge >= 0.3 is 0 Å². The van der Waals surface area contributed by atoms with E-state index >= 15 is 0 Å². The van der Waals surface area contributed by atoms with Crippen LogP contribution in [-0.4, -0.2) is 38.7 Å². The Balaban J connectivity index is 1.58. The second kappa shape index (κ2) is 10.2. The molecule has 2 heterocycles. The predicted molar refractivity (Wildman–Crippen MR) is 124 cm³/mol. The maximum Gasteiger partial charge on any atom is 0.259 e. The number of aromatic nitrogens is 2. The molecule has 0 radical (unpaired) electrons. The number of thiophene rings is 1. The van der Waals surface area contributed by atoms with Crippen LogP contribution in [-0.2, 0) is 19.4 Å². The first-order valence-electron chi connectivity index (χ1n) is 11.7. The summed E-state index contributed by atoms with van der Waals surface area (Å²) >= 11 is 1.72. The number of nitrogens with zero attached hydrogens (tertiary/aromatic N) is 2. The van der Waals surface area contributed by atoms with E-state index in [1.165, 1.54) is 42.5 Å². The van der Waals surface area contributed by atoms with Crippen molar-refractivity contribution in [1.82, 2.24) is 14.9 Å². The number of aryl methyl sites for hydroxylation is 2. The predicted octanol–water partition coefficient (Wildman–Crippen LogP) is 4.72. The molecule has 2 aliphatic rings. The first-order valence-corrected chi connectivity index (χ1v) is 12.5. The number of hydrogen-bond donors (Lipinski definition) is 2. The summed E-state index contributed by atoms with van der Waals surface area (Å²) in [5, 5.41) is 11.4. The number of hydrogen-bond acceptors (Lipinski definition) is 5. The summed E-state index contributed by atoms with van der Waals surface area (Å²) in [6, 6.07) is 0.457. The van der Waals surface area contributed by atoms with Crippen LogP contribution >= 0.6 is 11.3 Å². The molecule has 30 heavy (non-hydrogen) atoms. The van der Waals surface area contributed by atoms with Crippen LogP contribution in [0, 0.1) is 0 Å². The van der Waals surface area contributed by atoms with Crippen molar-refractivity contribution in [3.05, 3.63) is 39.3 Å². The molecule has 1 atom stereocenters. The normalized spacial score (nSPS) is 19.0. The molecular weight excluding hydrogens is 394 g/mol. The van der Waals surface area contributed by atoms with Gasteiger partial charge in [0.25, 0.3) is 5.56 Å². The third-order valence-electron chi connectivity index (χ3n) is 6.72. The Kier molecular flexibility index (Phi) is 7.39. The van der Waals surface area contributed by atoms with Gasteiger partial charge in [-0.3, -0.25) is 9.69 Å². The number of allylic oxidation sites excluding steroid dienone is 1. The van der Waals surface area contributed by atoms with E-state index in [2.05, 4.69) is 16.5 Å². The standard InChI is InChI=1S/C24H35N3O2S/c1-2-3-12-18(28)15-27(17-10-6-4-7-11-17)16-21-25-23(29)22-19-13-8-5-9-14-20(19)30-24(22)26-21/h2,17-18,28H,1,3-16H2,(H,25,26,29). The summed E-state index contributed by atoms with van der Waals surface area (Å²) in [4.78, 5) is 25.6. The minimum absolute atomic E-state index is 0.0187. The Morgan fingerprint density at radius 3 is 2.77 bits per heavy atom. The molecule has 0 spiro atoms. The largest absolute Gasteiger partial charge is 0.392 e. The Hall–Kier alpha value is -1.50. The number of aliphatic hydroxyl groups is 1. The van der Waals surface area contributed by atoms with Crippen LogP contribution in [0.4, 0.5) is 0 Å². The fraction of sp³-hybridized carbons (Fsp3) is 0.667. The van der Waals surface area contributed by atoms with Crippen LogP contribution in [0.15, 0.2) is 17.4 Å². The molecule has 2 aromatic rings. The fourth-order valence-corrected chi connectivity index (χ4v) is 6.39. The van der Waals surface area contributed by atoms with Gasteiger partial charge in [-0.1, -0.05) is 31.8 Å². The van der Waals surface area contributed by atoms with Crippen molar-refractivity contribution in [1.29, 1.82) is 0 Å². The average molecular weight is 430 g/mol. The first-order chi connectivity index (χ1) is 14.7. The van der Waals surface area contributed by atoms with Crippen molar-refractivity contribution >= 4 is 21.6 Å². The summed E-state index contributed by atoms with van der Waals surface area (Å²) in [6.45, 7) is 5.00. The molecule has 1 saturated carbocycles. The molecule has 0 saturated heterocycles. The van der Waals surface area contributed by atoms with Gasteiger partial charge in [-0.25, -0.2) is 4.98 Å². The molecule has 1 unspecified atom stereocenters. The van der Waals surface area contributed by atoms with Crippen LogP contribution < -0.4 is 5.56 Å². The van der Waals surface area contributed by atoms with Crippen molar-refractivity contribution in [2.75, 3.05) is 6.54 Å². The molecule has 0 bridgehead atoms. The van der Waals surface area contributed by atoms with Crippen molar-refractivity contribution in [2.45, 2.75) is 95.7 Å². The molecule has 0 aromatic carbocycles. The Labute approximate surface area is 183 Å². The summed E-state index contributed by atoms with van der Waals surface area (Å²) in [7, 11) is 0. The minimum atomic E-state index is -0.377. The molecule has 2 aromatic heterocycles. The van der Waals surface area contributed by atoms with E-state index in [1.807, 2.05) is 6.08 Å². The number of fused-ring (bicyclic) bond motifs is 3. The topological polar surface area (TPSA) is 69.2 Å². The Morgan fingerprint density at radius 1 is 1.20 bits per heavy atom. The maximum absolute atomic E-state index is 13.0. The highest BCUT2D eigenvalue weighted by Crippen LogP contribution is 2.33. The number of aromatic amines is 1. The van der Waals surface area contributed by atoms with E-state index in [0.29, 0.717) is 19.1 Å². The maximum atomic E-state index is 13.0. The third-order valence-corrected chi connectivity index (χ3v) is 7.90. The molecule has 6 heteroatoms. The van der Waals surface area contributed by atoms with Crippen LogP contribution in [0.25, 0.3) is 10.2 Å². The monoisotopic (exact) mass is 429 g/mol. The zero-order chi connectivity index (χ0) is 20.9. The summed E-state index contributed by atoms with van der Waals surface area (Å²) < 4.78 is 0. The van der Waals surface area contributed by atoms with Gasteiger partial charge in [0, 0.05) is 17.5 Å². The van der Waals surface area contributed by atoms with Gasteiger partial charge in [0.05, 0.1) is 18.0 Å². The molecule has 0 aliphatic heterocycles. The molecule has 5 nitrogen and oxygen atoms in total. The lowest BCUT2D eigenvalue weighted by atomic mass is 9.93. The van der Waals surface area contributed by atoms with E-state index < -0.39 is 0 Å². The molecule has 164 valence electrons. The van der Waals surface area contributed by atoms with Gasteiger partial charge in [-0.2, -0.15) is 0 Å². The van der Waals surface area contributed by atoms with Gasteiger partial charge < -0.3 is 10.1 Å². The SMILES string of the molecule is C=CCCC(O)CN(Cc1nc2sc3c(c2c(=O)[nH]1)CCCCC3)C1CCCCC1. The highest BCUT2D eigenvalue weighted by atomic mass is 32.1. The smallest absolute Gasteiger partial charge is 0.259 e. The highest BCUT2D eigenvalue weighted by Gasteiger charge is 2.25. The van der Waals surface area contributed by atoms with Gasteiger partial charge in [0.15, 0.2) is 0 Å². The molecule has 2 aliphatic carbocycles. The number of H-pyrrole nitrogens is 1. The lowest BCUT2D eigenvalue weighted by Crippen LogP contribution is -2.41. The Morgan fingerprint density at radius 2 is 1.97 bits per heavy atom. The molecule has 4 rings (SSSR count). The zero-order valence-electron chi connectivity index (χ0n) is 18.0. The van der Waals surface area contributed by atoms with Crippen molar-refractivity contribution in [2.24, 2.45) is 0 Å². The van der Waals surface area contributed by atoms with Crippen molar-refractivity contribution in [3.63, 3.8) is 0 Å². The summed E-state index contributed by atoms with van der Waals surface area (Å²) in [6.07, 6.45) is 14.8.